The molecule has 0 atom stereocenters. The average molecular weight is 245 g/mol. The Hall–Kier alpha value is -2.09. The van der Waals surface area contributed by atoms with E-state index in [1.54, 1.807) is 0 Å². The predicted molar refractivity (Wildman–Crippen MR) is 55.3 cm³/mol. The Kier molecular flexibility index (Phi) is 4.05. The van der Waals surface area contributed by atoms with Crippen molar-refractivity contribution in [2.45, 2.75) is 6.42 Å². The Morgan fingerprint density at radius 2 is 2.06 bits per heavy atom. The highest BCUT2D eigenvalue weighted by molar-refractivity contribution is 5.91. The summed E-state index contributed by atoms with van der Waals surface area (Å²) in [5, 5.41) is 12.5. The van der Waals surface area contributed by atoms with Crippen molar-refractivity contribution in [2.24, 2.45) is 5.73 Å². The molecule has 0 spiro atoms. The number of halogens is 2. The van der Waals surface area contributed by atoms with Crippen molar-refractivity contribution in [1.29, 1.82) is 0 Å². The first-order valence-electron chi connectivity index (χ1n) is 4.59. The zero-order chi connectivity index (χ0) is 13.0. The molecule has 0 aliphatic heterocycles. The number of nitrogens with one attached hydrogen (secondary N) is 1. The maximum atomic E-state index is 13.2. The number of hydrogen-bond donors (Lipinski definition) is 2. The second-order valence-electron chi connectivity index (χ2n) is 3.13. The van der Waals surface area contributed by atoms with Gasteiger partial charge in [-0.15, -0.1) is 0 Å². The van der Waals surface area contributed by atoms with E-state index in [4.69, 9.17) is 5.73 Å². The van der Waals surface area contributed by atoms with E-state index in [-0.39, 0.29) is 13.0 Å². The van der Waals surface area contributed by atoms with Gasteiger partial charge in [-0.25, -0.2) is 4.39 Å². The van der Waals surface area contributed by atoms with Crippen LogP contribution >= 0.6 is 0 Å². The van der Waals surface area contributed by atoms with E-state index in [9.17, 15) is 23.7 Å². The van der Waals surface area contributed by atoms with Crippen molar-refractivity contribution in [3.8, 4) is 0 Å². The SMILES string of the molecule is NCCC(=O)Nc1cc([N+](=O)[O-])c(F)cc1F. The zero-order valence-corrected chi connectivity index (χ0v) is 8.57. The number of anilines is 1. The van der Waals surface area contributed by atoms with Crippen LogP contribution in [-0.4, -0.2) is 17.4 Å². The topological polar surface area (TPSA) is 98.3 Å². The van der Waals surface area contributed by atoms with Crippen LogP contribution in [0.5, 0.6) is 0 Å². The minimum Gasteiger partial charge on any atom is -0.330 e. The van der Waals surface area contributed by atoms with Gasteiger partial charge >= 0.3 is 5.69 Å². The van der Waals surface area contributed by atoms with Gasteiger partial charge in [0.15, 0.2) is 0 Å². The van der Waals surface area contributed by atoms with E-state index in [2.05, 4.69) is 5.32 Å². The first kappa shape index (κ1) is 13.0. The van der Waals surface area contributed by atoms with Gasteiger partial charge in [-0.05, 0) is 0 Å². The lowest BCUT2D eigenvalue weighted by Gasteiger charge is -2.05. The molecule has 0 aliphatic carbocycles. The van der Waals surface area contributed by atoms with Gasteiger partial charge in [0.25, 0.3) is 0 Å². The van der Waals surface area contributed by atoms with E-state index < -0.39 is 33.8 Å². The molecule has 1 aromatic rings. The van der Waals surface area contributed by atoms with E-state index in [0.717, 1.165) is 0 Å². The van der Waals surface area contributed by atoms with Crippen LogP contribution in [0.1, 0.15) is 6.42 Å². The van der Waals surface area contributed by atoms with Crippen LogP contribution in [0.15, 0.2) is 12.1 Å². The second kappa shape index (κ2) is 5.30. The van der Waals surface area contributed by atoms with Gasteiger partial charge in [0.2, 0.25) is 11.7 Å². The van der Waals surface area contributed by atoms with Crippen LogP contribution in [0.3, 0.4) is 0 Å². The fourth-order valence-electron chi connectivity index (χ4n) is 1.12. The summed E-state index contributed by atoms with van der Waals surface area (Å²) in [5.74, 6) is -2.99. The third-order valence-corrected chi connectivity index (χ3v) is 1.88. The summed E-state index contributed by atoms with van der Waals surface area (Å²) >= 11 is 0. The van der Waals surface area contributed by atoms with Crippen LogP contribution in [0.4, 0.5) is 20.2 Å². The van der Waals surface area contributed by atoms with Crippen LogP contribution in [0.2, 0.25) is 0 Å². The minimum absolute atomic E-state index is 0.0523. The molecule has 0 fully saturated rings. The number of nitrogens with two attached hydrogens (primary N) is 1. The van der Waals surface area contributed by atoms with Crippen molar-refractivity contribution in [3.63, 3.8) is 0 Å². The Labute approximate surface area is 94.6 Å². The van der Waals surface area contributed by atoms with Crippen molar-refractivity contribution in [3.05, 3.63) is 33.9 Å². The Morgan fingerprint density at radius 3 is 2.59 bits per heavy atom. The summed E-state index contributed by atoms with van der Waals surface area (Å²) in [6.07, 6.45) is -0.0649. The monoisotopic (exact) mass is 245 g/mol. The maximum absolute atomic E-state index is 13.2. The lowest BCUT2D eigenvalue weighted by Crippen LogP contribution is -2.17. The molecule has 92 valence electrons. The molecule has 0 bridgehead atoms. The number of hydrogen-bond acceptors (Lipinski definition) is 4. The fourth-order valence-corrected chi connectivity index (χ4v) is 1.12. The molecule has 8 heteroatoms. The molecule has 0 aliphatic rings. The van der Waals surface area contributed by atoms with E-state index >= 15 is 0 Å². The van der Waals surface area contributed by atoms with Crippen LogP contribution < -0.4 is 11.1 Å². The fraction of sp³-hybridized carbons (Fsp3) is 0.222. The maximum Gasteiger partial charge on any atom is 0.307 e. The third-order valence-electron chi connectivity index (χ3n) is 1.88. The van der Waals surface area contributed by atoms with Gasteiger partial charge in [0.1, 0.15) is 5.82 Å². The number of nitro groups is 1. The molecule has 0 saturated heterocycles. The number of benzene rings is 1. The van der Waals surface area contributed by atoms with E-state index in [1.807, 2.05) is 0 Å². The lowest BCUT2D eigenvalue weighted by atomic mass is 10.2. The van der Waals surface area contributed by atoms with Gasteiger partial charge in [-0.1, -0.05) is 0 Å². The number of carbonyl (C=O) groups is 1. The highest BCUT2D eigenvalue weighted by Crippen LogP contribution is 2.25. The molecular formula is C9H9F2N3O3. The standard InChI is InChI=1S/C9H9F2N3O3/c10-5-3-6(11)8(14(16)17)4-7(5)13-9(15)1-2-12/h3-4H,1-2,12H2,(H,13,15). The molecule has 0 saturated carbocycles. The lowest BCUT2D eigenvalue weighted by molar-refractivity contribution is -0.387. The van der Waals surface area contributed by atoms with E-state index in [1.165, 1.54) is 0 Å². The number of amides is 1. The Balaban J connectivity index is 3.03. The second-order valence-corrected chi connectivity index (χ2v) is 3.13. The normalized spacial score (nSPS) is 10.1. The first-order valence-corrected chi connectivity index (χ1v) is 4.59. The summed E-state index contributed by atoms with van der Waals surface area (Å²) in [4.78, 5) is 20.5. The predicted octanol–water partition coefficient (Wildman–Crippen LogP) is 1.16. The molecule has 0 heterocycles. The largest absolute Gasteiger partial charge is 0.330 e. The molecule has 17 heavy (non-hydrogen) atoms. The molecule has 0 radical (unpaired) electrons. The zero-order valence-electron chi connectivity index (χ0n) is 8.57. The summed E-state index contributed by atoms with van der Waals surface area (Å²) in [6, 6.07) is 0.968. The summed E-state index contributed by atoms with van der Waals surface area (Å²) in [7, 11) is 0. The summed E-state index contributed by atoms with van der Waals surface area (Å²) < 4.78 is 26.1. The van der Waals surface area contributed by atoms with Crippen molar-refractivity contribution < 1.29 is 18.5 Å². The summed E-state index contributed by atoms with van der Waals surface area (Å²) in [5.41, 5.74) is 3.75. The van der Waals surface area contributed by atoms with Gasteiger partial charge in [-0.3, -0.25) is 14.9 Å². The number of nitrogens with zero attached hydrogens (tertiary/aromatic N) is 1. The van der Waals surface area contributed by atoms with Crippen molar-refractivity contribution in [1.82, 2.24) is 0 Å². The molecule has 1 aromatic carbocycles. The van der Waals surface area contributed by atoms with Crippen LogP contribution in [-0.2, 0) is 4.79 Å². The molecule has 1 rings (SSSR count). The minimum atomic E-state index is -1.30. The number of rotatable bonds is 4. The van der Waals surface area contributed by atoms with Crippen molar-refractivity contribution >= 4 is 17.3 Å². The smallest absolute Gasteiger partial charge is 0.307 e. The molecule has 0 unspecified atom stereocenters. The van der Waals surface area contributed by atoms with Crippen molar-refractivity contribution in [2.75, 3.05) is 11.9 Å². The van der Waals surface area contributed by atoms with Gasteiger partial charge in [0, 0.05) is 25.1 Å². The Bertz CT molecular complexity index is 465. The van der Waals surface area contributed by atoms with Gasteiger partial charge < -0.3 is 11.1 Å². The third kappa shape index (κ3) is 3.18. The quantitative estimate of drug-likeness (QED) is 0.614. The number of nitro benzene ring substituents is 1. The molecule has 0 aromatic heterocycles. The molecule has 3 N–H and O–H groups in total. The highest BCUT2D eigenvalue weighted by Gasteiger charge is 2.19. The average Bonchev–Trinajstić information content (AvgIpc) is 2.21. The first-order chi connectivity index (χ1) is 7.95. The van der Waals surface area contributed by atoms with Crippen LogP contribution in [0.25, 0.3) is 0 Å². The molecule has 1 amide bonds. The van der Waals surface area contributed by atoms with Gasteiger partial charge in [-0.2, -0.15) is 4.39 Å². The highest BCUT2D eigenvalue weighted by atomic mass is 19.1. The Morgan fingerprint density at radius 1 is 1.41 bits per heavy atom. The van der Waals surface area contributed by atoms with Gasteiger partial charge in [0.05, 0.1) is 10.6 Å². The summed E-state index contributed by atoms with van der Waals surface area (Å²) in [6.45, 7) is 0.0523. The van der Waals surface area contributed by atoms with E-state index in [0.29, 0.717) is 12.1 Å². The number of carbonyl (C=O) groups excluding carboxylic acids is 1. The molecular weight excluding hydrogens is 236 g/mol. The van der Waals surface area contributed by atoms with Crippen LogP contribution in [0, 0.1) is 21.7 Å². The molecule has 6 nitrogen and oxygen atoms in total.